The average molecular weight is 334 g/mol. The quantitative estimate of drug-likeness (QED) is 0.751. The van der Waals surface area contributed by atoms with Crippen LogP contribution in [0.5, 0.6) is 0 Å². The number of amides is 2. The van der Waals surface area contributed by atoms with Crippen LogP contribution in [-0.4, -0.2) is 54.0 Å². The lowest BCUT2D eigenvalue weighted by Crippen LogP contribution is -2.31. The van der Waals surface area contributed by atoms with Crippen molar-refractivity contribution >= 4 is 23.6 Å². The lowest BCUT2D eigenvalue weighted by atomic mass is 10.1. The van der Waals surface area contributed by atoms with Gasteiger partial charge in [0.15, 0.2) is 0 Å². The molecule has 1 aliphatic rings. The molecule has 23 heavy (non-hydrogen) atoms. The first-order valence-electron chi connectivity index (χ1n) is 8.24. The Balaban J connectivity index is 2.02. The Morgan fingerprint density at radius 2 is 1.87 bits per heavy atom. The van der Waals surface area contributed by atoms with Crippen LogP contribution in [0.1, 0.15) is 37.0 Å². The van der Waals surface area contributed by atoms with E-state index >= 15 is 0 Å². The summed E-state index contributed by atoms with van der Waals surface area (Å²) in [5, 5.41) is 0. The minimum Gasteiger partial charge on any atom is -0.342 e. The van der Waals surface area contributed by atoms with Crippen LogP contribution in [-0.2, 0) is 4.79 Å². The van der Waals surface area contributed by atoms with Crippen molar-refractivity contribution in [3.63, 3.8) is 0 Å². The third-order valence-corrected chi connectivity index (χ3v) is 4.97. The number of thioether (sulfide) groups is 1. The van der Waals surface area contributed by atoms with Crippen molar-refractivity contribution in [2.75, 3.05) is 32.4 Å². The standard InChI is InChI=1S/C18H26N2O2S/c1-14(2)12-19(3)18(22)15-8-4-5-9-16(15)23-13-17(21)20-10-6-7-11-20/h4-5,8-9,14H,6-7,10-13H2,1-3H3. The van der Waals surface area contributed by atoms with Gasteiger partial charge in [-0.05, 0) is 30.9 Å². The van der Waals surface area contributed by atoms with Gasteiger partial charge in [-0.2, -0.15) is 0 Å². The third kappa shape index (κ3) is 4.99. The number of carbonyl (C=O) groups excluding carboxylic acids is 2. The highest BCUT2D eigenvalue weighted by Crippen LogP contribution is 2.25. The molecule has 1 aliphatic heterocycles. The Labute approximate surface area is 143 Å². The lowest BCUT2D eigenvalue weighted by Gasteiger charge is -2.21. The topological polar surface area (TPSA) is 40.6 Å². The molecule has 0 aliphatic carbocycles. The maximum Gasteiger partial charge on any atom is 0.254 e. The van der Waals surface area contributed by atoms with Crippen molar-refractivity contribution < 1.29 is 9.59 Å². The highest BCUT2D eigenvalue weighted by molar-refractivity contribution is 8.00. The normalized spacial score (nSPS) is 14.3. The van der Waals surface area contributed by atoms with Crippen molar-refractivity contribution in [2.24, 2.45) is 5.92 Å². The van der Waals surface area contributed by atoms with Crippen LogP contribution in [0.3, 0.4) is 0 Å². The van der Waals surface area contributed by atoms with E-state index in [9.17, 15) is 9.59 Å². The Morgan fingerprint density at radius 1 is 1.22 bits per heavy atom. The van der Waals surface area contributed by atoms with Gasteiger partial charge in [0.2, 0.25) is 5.91 Å². The first-order chi connectivity index (χ1) is 11.0. The van der Waals surface area contributed by atoms with Gasteiger partial charge in [0.1, 0.15) is 0 Å². The molecule has 0 radical (unpaired) electrons. The Morgan fingerprint density at radius 3 is 2.52 bits per heavy atom. The molecule has 0 unspecified atom stereocenters. The fourth-order valence-electron chi connectivity index (χ4n) is 2.80. The van der Waals surface area contributed by atoms with Gasteiger partial charge in [0.05, 0.1) is 11.3 Å². The summed E-state index contributed by atoms with van der Waals surface area (Å²) in [5.41, 5.74) is 0.690. The van der Waals surface area contributed by atoms with E-state index in [2.05, 4.69) is 13.8 Å². The molecule has 1 heterocycles. The summed E-state index contributed by atoms with van der Waals surface area (Å²) >= 11 is 1.47. The first kappa shape index (κ1) is 17.9. The smallest absolute Gasteiger partial charge is 0.254 e. The van der Waals surface area contributed by atoms with Gasteiger partial charge >= 0.3 is 0 Å². The summed E-state index contributed by atoms with van der Waals surface area (Å²) in [6, 6.07) is 7.57. The van der Waals surface area contributed by atoms with E-state index in [-0.39, 0.29) is 11.8 Å². The van der Waals surface area contributed by atoms with Crippen LogP contribution < -0.4 is 0 Å². The van der Waals surface area contributed by atoms with Crippen LogP contribution in [0.2, 0.25) is 0 Å². The molecule has 4 nitrogen and oxygen atoms in total. The summed E-state index contributed by atoms with van der Waals surface area (Å²) in [6.45, 7) is 6.66. The van der Waals surface area contributed by atoms with Crippen LogP contribution in [0, 0.1) is 5.92 Å². The number of hydrogen-bond donors (Lipinski definition) is 0. The van der Waals surface area contributed by atoms with Crippen LogP contribution in [0.25, 0.3) is 0 Å². The molecule has 1 aromatic rings. The van der Waals surface area contributed by atoms with Crippen molar-refractivity contribution in [1.82, 2.24) is 9.80 Å². The SMILES string of the molecule is CC(C)CN(C)C(=O)c1ccccc1SCC(=O)N1CCCC1. The largest absolute Gasteiger partial charge is 0.342 e. The maximum atomic E-state index is 12.6. The second-order valence-corrected chi connectivity index (χ2v) is 7.47. The maximum absolute atomic E-state index is 12.6. The Kier molecular flexibility index (Phi) is 6.51. The minimum atomic E-state index is 0.0235. The third-order valence-electron chi connectivity index (χ3n) is 3.91. The van der Waals surface area contributed by atoms with E-state index in [1.807, 2.05) is 36.2 Å². The van der Waals surface area contributed by atoms with Crippen LogP contribution in [0.15, 0.2) is 29.2 Å². The summed E-state index contributed by atoms with van der Waals surface area (Å²) in [7, 11) is 1.83. The number of nitrogens with zero attached hydrogens (tertiary/aromatic N) is 2. The summed E-state index contributed by atoms with van der Waals surface area (Å²) < 4.78 is 0. The van der Waals surface area contributed by atoms with E-state index in [4.69, 9.17) is 0 Å². The van der Waals surface area contributed by atoms with E-state index in [1.165, 1.54) is 11.8 Å². The molecule has 1 saturated heterocycles. The zero-order valence-electron chi connectivity index (χ0n) is 14.2. The summed E-state index contributed by atoms with van der Waals surface area (Å²) in [5.74, 6) is 1.03. The highest BCUT2D eigenvalue weighted by atomic mass is 32.2. The van der Waals surface area contributed by atoms with Gasteiger partial charge < -0.3 is 9.80 Å². The first-order valence-corrected chi connectivity index (χ1v) is 9.22. The van der Waals surface area contributed by atoms with Crippen molar-refractivity contribution in [3.8, 4) is 0 Å². The number of rotatable bonds is 6. The van der Waals surface area contributed by atoms with Gasteiger partial charge in [-0.15, -0.1) is 11.8 Å². The molecular weight excluding hydrogens is 308 g/mol. The predicted octanol–water partition coefficient (Wildman–Crippen LogP) is 3.13. The molecule has 1 fully saturated rings. The molecule has 0 bridgehead atoms. The lowest BCUT2D eigenvalue weighted by molar-refractivity contribution is -0.127. The molecule has 2 rings (SSSR count). The monoisotopic (exact) mass is 334 g/mol. The van der Waals surface area contributed by atoms with Gasteiger partial charge in [-0.3, -0.25) is 9.59 Å². The predicted molar refractivity (Wildman–Crippen MR) is 94.8 cm³/mol. The number of hydrogen-bond acceptors (Lipinski definition) is 3. The Bertz CT molecular complexity index is 554. The second kappa shape index (κ2) is 8.39. The molecule has 0 aromatic heterocycles. The van der Waals surface area contributed by atoms with Gasteiger partial charge in [0, 0.05) is 31.6 Å². The number of carbonyl (C=O) groups is 2. The van der Waals surface area contributed by atoms with E-state index in [0.717, 1.165) is 37.4 Å². The number of likely N-dealkylation sites (tertiary alicyclic amines) is 1. The van der Waals surface area contributed by atoms with Gasteiger partial charge in [0.25, 0.3) is 5.91 Å². The summed E-state index contributed by atoms with van der Waals surface area (Å²) in [4.78, 5) is 29.4. The zero-order valence-corrected chi connectivity index (χ0v) is 15.1. The molecule has 2 amide bonds. The van der Waals surface area contributed by atoms with E-state index < -0.39 is 0 Å². The molecule has 0 atom stereocenters. The summed E-state index contributed by atoms with van der Waals surface area (Å²) in [6.07, 6.45) is 2.21. The molecule has 5 heteroatoms. The van der Waals surface area contributed by atoms with Crippen LogP contribution in [0.4, 0.5) is 0 Å². The fourth-order valence-corrected chi connectivity index (χ4v) is 3.75. The number of benzene rings is 1. The molecule has 0 N–H and O–H groups in total. The van der Waals surface area contributed by atoms with E-state index in [0.29, 0.717) is 17.2 Å². The van der Waals surface area contributed by atoms with E-state index in [1.54, 1.807) is 4.90 Å². The second-order valence-electron chi connectivity index (χ2n) is 6.45. The molecular formula is C18H26N2O2S. The molecule has 1 aromatic carbocycles. The molecule has 0 spiro atoms. The van der Waals surface area contributed by atoms with Crippen LogP contribution >= 0.6 is 11.8 Å². The zero-order chi connectivity index (χ0) is 16.8. The van der Waals surface area contributed by atoms with Crippen molar-refractivity contribution in [1.29, 1.82) is 0 Å². The van der Waals surface area contributed by atoms with Crippen molar-refractivity contribution in [3.05, 3.63) is 29.8 Å². The molecule has 0 saturated carbocycles. The van der Waals surface area contributed by atoms with Gasteiger partial charge in [-0.1, -0.05) is 26.0 Å². The van der Waals surface area contributed by atoms with Crippen molar-refractivity contribution in [2.45, 2.75) is 31.6 Å². The fraction of sp³-hybridized carbons (Fsp3) is 0.556. The average Bonchev–Trinajstić information content (AvgIpc) is 3.06. The Hall–Kier alpha value is -1.49. The van der Waals surface area contributed by atoms with Gasteiger partial charge in [-0.25, -0.2) is 0 Å². The molecule has 126 valence electrons. The minimum absolute atomic E-state index is 0.0235. The highest BCUT2D eigenvalue weighted by Gasteiger charge is 2.20.